The van der Waals surface area contributed by atoms with E-state index in [9.17, 15) is 4.79 Å². The van der Waals surface area contributed by atoms with Gasteiger partial charge in [-0.25, -0.2) is 0 Å². The Labute approximate surface area is 90.1 Å². The average Bonchev–Trinajstić information content (AvgIpc) is 2.65. The summed E-state index contributed by atoms with van der Waals surface area (Å²) in [6.45, 7) is 2.06. The molecule has 1 atom stereocenters. The lowest BCUT2D eigenvalue weighted by Gasteiger charge is -2.04. The highest BCUT2D eigenvalue weighted by atomic mass is 16.1. The largest absolute Gasteiger partial charge is 0.294 e. The van der Waals surface area contributed by atoms with Crippen molar-refractivity contribution in [3.63, 3.8) is 0 Å². The summed E-state index contributed by atoms with van der Waals surface area (Å²) < 4.78 is 0. The number of ketones is 1. The molecule has 0 fully saturated rings. The summed E-state index contributed by atoms with van der Waals surface area (Å²) >= 11 is 0. The summed E-state index contributed by atoms with van der Waals surface area (Å²) in [5.74, 6) is 0.508. The van der Waals surface area contributed by atoms with Gasteiger partial charge >= 0.3 is 0 Å². The Morgan fingerprint density at radius 2 is 2.00 bits per heavy atom. The lowest BCUT2D eigenvalue weighted by Crippen LogP contribution is -2.03. The molecule has 2 rings (SSSR count). The molecule has 15 heavy (non-hydrogen) atoms. The highest BCUT2D eigenvalue weighted by Gasteiger charge is 2.13. The second-order valence-electron chi connectivity index (χ2n) is 3.93. The average molecular weight is 198 g/mol. The van der Waals surface area contributed by atoms with Crippen LogP contribution in [0.2, 0.25) is 0 Å². The van der Waals surface area contributed by atoms with Crippen LogP contribution in [0.1, 0.15) is 23.7 Å². The molecular formula is C14H14O. The first kappa shape index (κ1) is 9.91. The maximum Gasteiger partial charge on any atom is 0.163 e. The van der Waals surface area contributed by atoms with E-state index in [4.69, 9.17) is 0 Å². The quantitative estimate of drug-likeness (QED) is 0.680. The van der Waals surface area contributed by atoms with Crippen LogP contribution in [0.25, 0.3) is 0 Å². The molecule has 1 aromatic rings. The molecule has 0 amide bonds. The van der Waals surface area contributed by atoms with E-state index in [1.54, 1.807) is 0 Å². The van der Waals surface area contributed by atoms with Gasteiger partial charge in [0.2, 0.25) is 0 Å². The first-order valence-electron chi connectivity index (χ1n) is 5.20. The zero-order valence-electron chi connectivity index (χ0n) is 8.81. The van der Waals surface area contributed by atoms with Crippen molar-refractivity contribution in [1.29, 1.82) is 0 Å². The van der Waals surface area contributed by atoms with Gasteiger partial charge in [-0.15, -0.1) is 0 Å². The Hall–Kier alpha value is -1.63. The summed E-state index contributed by atoms with van der Waals surface area (Å²) in [7, 11) is 0. The molecule has 0 aliphatic heterocycles. The Morgan fingerprint density at radius 1 is 1.27 bits per heavy atom. The molecule has 0 heterocycles. The molecule has 0 aromatic heterocycles. The first-order valence-corrected chi connectivity index (χ1v) is 5.20. The van der Waals surface area contributed by atoms with E-state index < -0.39 is 0 Å². The van der Waals surface area contributed by atoms with E-state index in [0.29, 0.717) is 6.42 Å². The third-order valence-corrected chi connectivity index (χ3v) is 2.60. The molecule has 1 aliphatic rings. The van der Waals surface area contributed by atoms with Gasteiger partial charge in [-0.1, -0.05) is 54.1 Å². The number of benzene rings is 1. The van der Waals surface area contributed by atoms with Crippen LogP contribution in [0, 0.1) is 5.92 Å². The van der Waals surface area contributed by atoms with Crippen LogP contribution in [-0.2, 0) is 0 Å². The Bertz CT molecular complexity index is 412. The molecule has 0 N–H and O–H groups in total. The van der Waals surface area contributed by atoms with Crippen LogP contribution in [0.4, 0.5) is 0 Å². The van der Waals surface area contributed by atoms with Crippen molar-refractivity contribution in [3.8, 4) is 0 Å². The van der Waals surface area contributed by atoms with Crippen molar-refractivity contribution in [2.45, 2.75) is 13.3 Å². The Balaban J connectivity index is 2.03. The SMILES string of the molecule is CC1=CC(CC(=O)c2ccccc2)C=C1. The van der Waals surface area contributed by atoms with Gasteiger partial charge in [0.15, 0.2) is 5.78 Å². The Morgan fingerprint density at radius 3 is 2.60 bits per heavy atom. The fourth-order valence-corrected chi connectivity index (χ4v) is 1.81. The van der Waals surface area contributed by atoms with E-state index in [1.807, 2.05) is 30.3 Å². The van der Waals surface area contributed by atoms with Crippen molar-refractivity contribution in [2.24, 2.45) is 5.92 Å². The molecule has 0 saturated heterocycles. The fraction of sp³-hybridized carbons (Fsp3) is 0.214. The van der Waals surface area contributed by atoms with E-state index in [2.05, 4.69) is 25.2 Å². The Kier molecular flexibility index (Phi) is 2.82. The highest BCUT2D eigenvalue weighted by molar-refractivity contribution is 5.96. The van der Waals surface area contributed by atoms with Crippen molar-refractivity contribution in [3.05, 3.63) is 59.7 Å². The zero-order valence-corrected chi connectivity index (χ0v) is 8.81. The maximum atomic E-state index is 11.8. The first-order chi connectivity index (χ1) is 7.25. The van der Waals surface area contributed by atoms with E-state index in [0.717, 1.165) is 5.56 Å². The molecule has 1 aromatic carbocycles. The van der Waals surface area contributed by atoms with Crippen molar-refractivity contribution in [2.75, 3.05) is 0 Å². The van der Waals surface area contributed by atoms with Gasteiger partial charge in [-0.2, -0.15) is 0 Å². The predicted molar refractivity (Wildman–Crippen MR) is 61.8 cm³/mol. The fourth-order valence-electron chi connectivity index (χ4n) is 1.81. The minimum atomic E-state index is 0.219. The summed E-state index contributed by atoms with van der Waals surface area (Å²) in [6.07, 6.45) is 6.89. The van der Waals surface area contributed by atoms with Crippen molar-refractivity contribution in [1.82, 2.24) is 0 Å². The minimum Gasteiger partial charge on any atom is -0.294 e. The summed E-state index contributed by atoms with van der Waals surface area (Å²) in [4.78, 5) is 11.8. The number of carbonyl (C=O) groups excluding carboxylic acids is 1. The highest BCUT2D eigenvalue weighted by Crippen LogP contribution is 2.20. The van der Waals surface area contributed by atoms with E-state index >= 15 is 0 Å². The van der Waals surface area contributed by atoms with Gasteiger partial charge in [0.25, 0.3) is 0 Å². The number of allylic oxidation sites excluding steroid dienone is 4. The second-order valence-corrected chi connectivity index (χ2v) is 3.93. The number of hydrogen-bond donors (Lipinski definition) is 0. The number of hydrogen-bond acceptors (Lipinski definition) is 1. The third kappa shape index (κ3) is 2.44. The summed E-state index contributed by atoms with van der Waals surface area (Å²) in [5.41, 5.74) is 2.06. The molecule has 0 radical (unpaired) electrons. The smallest absolute Gasteiger partial charge is 0.163 e. The van der Waals surface area contributed by atoms with Gasteiger partial charge in [-0.05, 0) is 6.92 Å². The molecule has 76 valence electrons. The molecular weight excluding hydrogens is 184 g/mol. The lowest BCUT2D eigenvalue weighted by atomic mass is 9.99. The van der Waals surface area contributed by atoms with Crippen LogP contribution in [-0.4, -0.2) is 5.78 Å². The van der Waals surface area contributed by atoms with Crippen molar-refractivity contribution < 1.29 is 4.79 Å². The van der Waals surface area contributed by atoms with E-state index in [1.165, 1.54) is 5.57 Å². The van der Waals surface area contributed by atoms with Gasteiger partial charge < -0.3 is 0 Å². The van der Waals surface area contributed by atoms with Crippen LogP contribution in [0.15, 0.2) is 54.1 Å². The molecule has 0 spiro atoms. The van der Waals surface area contributed by atoms with Gasteiger partial charge in [0.05, 0.1) is 0 Å². The molecule has 1 nitrogen and oxygen atoms in total. The van der Waals surface area contributed by atoms with Gasteiger partial charge in [-0.3, -0.25) is 4.79 Å². The van der Waals surface area contributed by atoms with Crippen LogP contribution in [0.3, 0.4) is 0 Å². The molecule has 1 unspecified atom stereocenters. The summed E-state index contributed by atoms with van der Waals surface area (Å²) in [5, 5.41) is 0. The van der Waals surface area contributed by atoms with Crippen LogP contribution >= 0.6 is 0 Å². The van der Waals surface area contributed by atoms with Gasteiger partial charge in [0, 0.05) is 17.9 Å². The minimum absolute atomic E-state index is 0.219. The predicted octanol–water partition coefficient (Wildman–Crippen LogP) is 3.39. The van der Waals surface area contributed by atoms with Gasteiger partial charge in [0.1, 0.15) is 0 Å². The number of carbonyl (C=O) groups is 1. The second kappa shape index (κ2) is 4.26. The van der Waals surface area contributed by atoms with Crippen molar-refractivity contribution >= 4 is 5.78 Å². The maximum absolute atomic E-state index is 11.8. The lowest BCUT2D eigenvalue weighted by molar-refractivity contribution is 0.0975. The molecule has 0 bridgehead atoms. The number of rotatable bonds is 3. The standard InChI is InChI=1S/C14H14O/c1-11-7-8-12(9-11)10-14(15)13-5-3-2-4-6-13/h2-9,12H,10H2,1H3. The zero-order chi connectivity index (χ0) is 10.7. The summed E-state index contributed by atoms with van der Waals surface area (Å²) in [6, 6.07) is 9.48. The normalized spacial score (nSPS) is 19.0. The van der Waals surface area contributed by atoms with E-state index in [-0.39, 0.29) is 11.7 Å². The number of Topliss-reactive ketones (excluding diaryl/α,β-unsaturated/α-hetero) is 1. The third-order valence-electron chi connectivity index (χ3n) is 2.60. The molecule has 0 saturated carbocycles. The monoisotopic (exact) mass is 198 g/mol. The van der Waals surface area contributed by atoms with Crippen LogP contribution in [0.5, 0.6) is 0 Å². The topological polar surface area (TPSA) is 17.1 Å². The molecule has 1 heteroatoms. The molecule has 1 aliphatic carbocycles. The van der Waals surface area contributed by atoms with Crippen LogP contribution < -0.4 is 0 Å².